The first-order chi connectivity index (χ1) is 53.0. The highest BCUT2D eigenvalue weighted by atomic mass is 16.5. The summed E-state index contributed by atoms with van der Waals surface area (Å²) >= 11 is 0. The SMILES string of the molecule is O=C(Nc1cccc2c(=O)cc(-c3nn[nH]n3)oc12)c1ccc(OCCCCc2ccccc2)cc1.O=C(Nc1cccc2c(=O)cc(-c3nn[nH]n3)oc12)c1ccc(OCCCCc2ccccc2)cc1.O=C(Nc1cccc2c(=O)cc(-c3nn[nH]n3)oc12)c1ccc(OCCCCc2ccccc2)cc1. The van der Waals surface area contributed by atoms with Crippen LogP contribution in [0.4, 0.5) is 17.1 Å². The minimum Gasteiger partial charge on any atom is -0.494 e. The molecule has 540 valence electrons. The van der Waals surface area contributed by atoms with Crippen LogP contribution in [-0.2, 0) is 19.3 Å². The molecule has 0 spiro atoms. The summed E-state index contributed by atoms with van der Waals surface area (Å²) in [6.07, 6.45) is 9.01. The van der Waals surface area contributed by atoms with Crippen molar-refractivity contribution < 1.29 is 41.8 Å². The third-order valence-electron chi connectivity index (χ3n) is 17.0. The van der Waals surface area contributed by atoms with Gasteiger partial charge in [0.2, 0.25) is 17.5 Å². The predicted molar refractivity (Wildman–Crippen MR) is 405 cm³/mol. The van der Waals surface area contributed by atoms with Crippen LogP contribution in [0.2, 0.25) is 0 Å². The molecule has 0 aliphatic heterocycles. The molecular weight excluding hydrogens is 1370 g/mol. The zero-order chi connectivity index (χ0) is 74.2. The standard InChI is InChI=1S/3C27H23N5O4/c3*33-23-17-24(26-29-31-32-30-26)36-25-21(23)10-6-11-22(25)28-27(34)19-12-14-20(15-13-19)35-16-5-4-9-18-7-2-1-3-8-18/h3*1-3,6-8,10-15,17H,4-5,9,16H2,(H,28,34)(H,29,30,31,32). The summed E-state index contributed by atoms with van der Waals surface area (Å²) in [6, 6.07) is 70.7. The van der Waals surface area contributed by atoms with E-state index in [4.69, 9.17) is 27.5 Å². The van der Waals surface area contributed by atoms with Crippen molar-refractivity contribution in [2.75, 3.05) is 35.8 Å². The molecule has 9 aromatic carbocycles. The van der Waals surface area contributed by atoms with Gasteiger partial charge in [-0.15, -0.1) is 30.6 Å². The third kappa shape index (κ3) is 19.1. The summed E-state index contributed by atoms with van der Waals surface area (Å²) in [4.78, 5) is 76.4. The van der Waals surface area contributed by atoms with E-state index in [1.165, 1.54) is 34.9 Å². The lowest BCUT2D eigenvalue weighted by molar-refractivity contribution is 0.101. The molecule has 15 rings (SSSR count). The molecule has 0 bridgehead atoms. The maximum atomic E-state index is 12.9. The Bertz CT molecular complexity index is 5100. The number of nitrogens with zero attached hydrogens (tertiary/aromatic N) is 9. The van der Waals surface area contributed by atoms with E-state index < -0.39 is 0 Å². The van der Waals surface area contributed by atoms with Gasteiger partial charge < -0.3 is 43.4 Å². The van der Waals surface area contributed by atoms with E-state index in [1.807, 2.05) is 54.6 Å². The molecular formula is C81H69N15O12. The Balaban J connectivity index is 0.000000143. The number of aryl methyl sites for hydroxylation is 3. The van der Waals surface area contributed by atoms with Crippen molar-refractivity contribution in [3.8, 4) is 52.0 Å². The number of amides is 3. The van der Waals surface area contributed by atoms with Gasteiger partial charge in [-0.3, -0.25) is 28.8 Å². The van der Waals surface area contributed by atoms with Crippen LogP contribution in [-0.4, -0.2) is 99.4 Å². The zero-order valence-corrected chi connectivity index (χ0v) is 57.9. The number of aromatic amines is 3. The van der Waals surface area contributed by atoms with Gasteiger partial charge in [-0.25, -0.2) is 0 Å². The number of benzene rings is 9. The number of hydrogen-bond acceptors (Lipinski definition) is 21. The molecule has 6 N–H and O–H groups in total. The first-order valence-electron chi connectivity index (χ1n) is 34.7. The van der Waals surface area contributed by atoms with Crippen molar-refractivity contribution in [3.05, 3.63) is 301 Å². The highest BCUT2D eigenvalue weighted by Gasteiger charge is 2.20. The molecule has 0 aliphatic carbocycles. The normalized spacial score (nSPS) is 10.9. The fraction of sp³-hybridized carbons (Fsp3) is 0.148. The van der Waals surface area contributed by atoms with Crippen LogP contribution in [0.3, 0.4) is 0 Å². The summed E-state index contributed by atoms with van der Waals surface area (Å²) < 4.78 is 35.0. The number of fused-ring (bicyclic) bond motifs is 3. The Hall–Kier alpha value is -14.4. The van der Waals surface area contributed by atoms with E-state index in [1.54, 1.807) is 127 Å². The molecule has 27 heteroatoms. The Kier molecular flexibility index (Phi) is 23.8. The number of anilines is 3. The van der Waals surface area contributed by atoms with Gasteiger partial charge in [0.05, 0.1) is 53.0 Å². The number of nitrogens with one attached hydrogen (secondary N) is 6. The van der Waals surface area contributed by atoms with E-state index in [9.17, 15) is 28.8 Å². The zero-order valence-electron chi connectivity index (χ0n) is 57.9. The maximum Gasteiger partial charge on any atom is 0.255 e. The fourth-order valence-electron chi connectivity index (χ4n) is 11.4. The monoisotopic (exact) mass is 1440 g/mol. The molecule has 6 heterocycles. The second kappa shape index (κ2) is 35.7. The van der Waals surface area contributed by atoms with Crippen molar-refractivity contribution in [2.24, 2.45) is 0 Å². The number of aromatic nitrogens is 12. The van der Waals surface area contributed by atoms with Crippen LogP contribution in [0.5, 0.6) is 17.2 Å². The van der Waals surface area contributed by atoms with Gasteiger partial charge in [0.15, 0.2) is 50.3 Å². The minimum atomic E-state index is -0.343. The number of ether oxygens (including phenoxy) is 3. The average Bonchev–Trinajstić information content (AvgIpc) is 1.00. The van der Waals surface area contributed by atoms with Gasteiger partial charge in [-0.2, -0.15) is 15.6 Å². The maximum absolute atomic E-state index is 12.9. The molecule has 0 saturated heterocycles. The summed E-state index contributed by atoms with van der Waals surface area (Å²) in [5.41, 5.74) is 6.23. The quantitative estimate of drug-likeness (QED) is 0.0260. The van der Waals surface area contributed by atoms with Crippen LogP contribution in [0.15, 0.2) is 264 Å². The van der Waals surface area contributed by atoms with Crippen molar-refractivity contribution in [1.29, 1.82) is 0 Å². The van der Waals surface area contributed by atoms with E-state index in [-0.39, 0.29) is 85.5 Å². The van der Waals surface area contributed by atoms with Crippen molar-refractivity contribution in [1.82, 2.24) is 61.9 Å². The fourth-order valence-corrected chi connectivity index (χ4v) is 11.4. The molecule has 0 saturated carbocycles. The largest absolute Gasteiger partial charge is 0.494 e. The van der Waals surface area contributed by atoms with Gasteiger partial charge in [0.1, 0.15) is 17.2 Å². The number of hydrogen-bond donors (Lipinski definition) is 6. The summed E-state index contributed by atoms with van der Waals surface area (Å²) in [6.45, 7) is 1.82. The van der Waals surface area contributed by atoms with E-state index in [0.29, 0.717) is 87.0 Å². The minimum absolute atomic E-state index is 0.144. The molecule has 15 aromatic rings. The van der Waals surface area contributed by atoms with E-state index in [0.717, 1.165) is 57.8 Å². The number of unbranched alkanes of at least 4 members (excludes halogenated alkanes) is 3. The molecule has 6 aromatic heterocycles. The third-order valence-corrected chi connectivity index (χ3v) is 17.0. The number of tetrazole rings is 3. The number of para-hydroxylation sites is 3. The summed E-state index contributed by atoms with van der Waals surface area (Å²) in [7, 11) is 0. The van der Waals surface area contributed by atoms with Crippen LogP contribution in [0.1, 0.15) is 86.3 Å². The van der Waals surface area contributed by atoms with Gasteiger partial charge in [-0.1, -0.05) is 109 Å². The summed E-state index contributed by atoms with van der Waals surface area (Å²) in [5.74, 6) is 1.95. The number of H-pyrrole nitrogens is 3. The average molecular weight is 1440 g/mol. The summed E-state index contributed by atoms with van der Waals surface area (Å²) in [5, 5.41) is 50.0. The molecule has 108 heavy (non-hydrogen) atoms. The van der Waals surface area contributed by atoms with Crippen LogP contribution in [0, 0.1) is 0 Å². The second-order valence-electron chi connectivity index (χ2n) is 24.5. The smallest absolute Gasteiger partial charge is 0.255 e. The second-order valence-corrected chi connectivity index (χ2v) is 24.5. The van der Waals surface area contributed by atoms with Crippen molar-refractivity contribution in [2.45, 2.75) is 57.8 Å². The first-order valence-corrected chi connectivity index (χ1v) is 34.7. The topological polar surface area (TPSA) is 369 Å². The van der Waals surface area contributed by atoms with Crippen LogP contribution < -0.4 is 46.4 Å². The highest BCUT2D eigenvalue weighted by molar-refractivity contribution is 6.10. The molecule has 27 nitrogen and oxygen atoms in total. The van der Waals surface area contributed by atoms with Gasteiger partial charge in [-0.05, 0) is 199 Å². The number of carbonyl (C=O) groups excluding carboxylic acids is 3. The molecule has 3 amide bonds. The Morgan fingerprint density at radius 1 is 0.324 bits per heavy atom. The van der Waals surface area contributed by atoms with Crippen LogP contribution in [0.25, 0.3) is 67.7 Å². The van der Waals surface area contributed by atoms with Crippen molar-refractivity contribution in [3.63, 3.8) is 0 Å². The van der Waals surface area contributed by atoms with E-state index >= 15 is 0 Å². The molecule has 0 radical (unpaired) electrons. The predicted octanol–water partition coefficient (Wildman–Crippen LogP) is 13.9. The molecule has 0 fully saturated rings. The van der Waals surface area contributed by atoms with Gasteiger partial charge in [0.25, 0.3) is 17.7 Å². The lowest BCUT2D eigenvalue weighted by Gasteiger charge is -2.10. The molecule has 0 aliphatic rings. The van der Waals surface area contributed by atoms with Crippen LogP contribution >= 0.6 is 0 Å². The lowest BCUT2D eigenvalue weighted by atomic mass is 10.1. The highest BCUT2D eigenvalue weighted by Crippen LogP contribution is 2.30. The lowest BCUT2D eigenvalue weighted by Crippen LogP contribution is -2.13. The molecule has 0 unspecified atom stereocenters. The van der Waals surface area contributed by atoms with E-state index in [2.05, 4.69) is 114 Å². The Morgan fingerprint density at radius 3 is 0.861 bits per heavy atom. The number of rotatable bonds is 27. The first kappa shape index (κ1) is 72.0. The van der Waals surface area contributed by atoms with Gasteiger partial charge >= 0.3 is 0 Å². The molecule has 0 atom stereocenters. The Labute approximate surface area is 614 Å². The number of carbonyl (C=O) groups is 3. The Morgan fingerprint density at radius 2 is 0.602 bits per heavy atom. The van der Waals surface area contributed by atoms with Gasteiger partial charge in [0, 0.05) is 34.9 Å². The van der Waals surface area contributed by atoms with Crippen molar-refractivity contribution >= 4 is 67.7 Å².